The van der Waals surface area contributed by atoms with Crippen LogP contribution in [0, 0.1) is 0 Å². The van der Waals surface area contributed by atoms with Crippen molar-refractivity contribution in [2.75, 3.05) is 25.8 Å². The highest BCUT2D eigenvalue weighted by atomic mass is 16.7. The van der Waals surface area contributed by atoms with Crippen molar-refractivity contribution < 1.29 is 23.5 Å². The Kier molecular flexibility index (Phi) is 4.97. The highest BCUT2D eigenvalue weighted by molar-refractivity contribution is 5.92. The average molecular weight is 388 g/mol. The number of rotatable bonds is 4. The molecule has 1 atom stereocenters. The van der Waals surface area contributed by atoms with Crippen LogP contribution in [0.25, 0.3) is 0 Å². The van der Waals surface area contributed by atoms with Gasteiger partial charge in [-0.3, -0.25) is 0 Å². The first kappa shape index (κ1) is 18.4. The smallest absolute Gasteiger partial charge is 0.322 e. The number of nitrogens with one attached hydrogen (secondary N) is 1. The van der Waals surface area contributed by atoms with Gasteiger partial charge in [0.1, 0.15) is 11.8 Å². The van der Waals surface area contributed by atoms with Crippen molar-refractivity contribution in [1.82, 2.24) is 15.0 Å². The summed E-state index contributed by atoms with van der Waals surface area (Å²) in [4.78, 5) is 19.3. The van der Waals surface area contributed by atoms with Crippen molar-refractivity contribution in [2.45, 2.75) is 45.1 Å². The van der Waals surface area contributed by atoms with E-state index in [0.29, 0.717) is 41.2 Å². The number of benzene rings is 1. The molecular formula is C19H24N4O5. The number of aromatic nitrogens is 2. The fourth-order valence-corrected chi connectivity index (χ4v) is 3.43. The van der Waals surface area contributed by atoms with Gasteiger partial charge in [0.05, 0.1) is 12.8 Å². The van der Waals surface area contributed by atoms with E-state index in [9.17, 15) is 4.79 Å². The van der Waals surface area contributed by atoms with E-state index in [1.807, 2.05) is 13.8 Å². The summed E-state index contributed by atoms with van der Waals surface area (Å²) in [6, 6.07) is 2.93. The standard InChI is InChI=1S/C19H24N4O5/c1-11(2)17-21-18(28-22-17)13-6-4-5-7-23(13)19(24)20-12-8-15-16(27-10-26-15)9-14(12)25-3/h8-9,11,13H,4-7,10H2,1-3H3,(H,20,24). The fraction of sp³-hybridized carbons (Fsp3) is 0.526. The molecule has 0 aliphatic carbocycles. The van der Waals surface area contributed by atoms with Crippen molar-refractivity contribution in [3.63, 3.8) is 0 Å². The molecule has 150 valence electrons. The van der Waals surface area contributed by atoms with Crippen LogP contribution < -0.4 is 19.5 Å². The number of fused-ring (bicyclic) bond motifs is 1. The highest BCUT2D eigenvalue weighted by Crippen LogP contribution is 2.41. The predicted molar refractivity (Wildman–Crippen MR) is 99.8 cm³/mol. The molecule has 1 saturated heterocycles. The van der Waals surface area contributed by atoms with E-state index in [1.165, 1.54) is 0 Å². The van der Waals surface area contributed by atoms with E-state index < -0.39 is 0 Å². The van der Waals surface area contributed by atoms with Crippen LogP contribution in [-0.4, -0.2) is 41.5 Å². The summed E-state index contributed by atoms with van der Waals surface area (Å²) in [6.45, 7) is 4.78. The number of hydrogen-bond donors (Lipinski definition) is 1. The van der Waals surface area contributed by atoms with Gasteiger partial charge in [-0.1, -0.05) is 19.0 Å². The summed E-state index contributed by atoms with van der Waals surface area (Å²) in [7, 11) is 1.54. The first-order chi connectivity index (χ1) is 13.6. The van der Waals surface area contributed by atoms with Crippen molar-refractivity contribution >= 4 is 11.7 Å². The Hall–Kier alpha value is -2.97. The third-order valence-corrected chi connectivity index (χ3v) is 4.96. The topological polar surface area (TPSA) is 99.0 Å². The molecule has 1 aromatic carbocycles. The molecule has 1 unspecified atom stereocenters. The minimum absolute atomic E-state index is 0.152. The first-order valence-electron chi connectivity index (χ1n) is 9.45. The molecule has 2 aliphatic rings. The number of likely N-dealkylation sites (tertiary alicyclic amines) is 1. The van der Waals surface area contributed by atoms with Gasteiger partial charge in [-0.15, -0.1) is 0 Å². The molecule has 2 aliphatic heterocycles. The number of anilines is 1. The zero-order valence-electron chi connectivity index (χ0n) is 16.2. The lowest BCUT2D eigenvalue weighted by atomic mass is 10.0. The number of carbonyl (C=O) groups excluding carboxylic acids is 1. The van der Waals surface area contributed by atoms with Crippen LogP contribution in [-0.2, 0) is 0 Å². The first-order valence-corrected chi connectivity index (χ1v) is 9.45. The van der Waals surface area contributed by atoms with Crippen LogP contribution in [0.4, 0.5) is 10.5 Å². The molecule has 1 aromatic heterocycles. The molecule has 1 N–H and O–H groups in total. The number of hydrogen-bond acceptors (Lipinski definition) is 7. The Morgan fingerprint density at radius 3 is 2.79 bits per heavy atom. The summed E-state index contributed by atoms with van der Waals surface area (Å²) in [5.41, 5.74) is 0.523. The summed E-state index contributed by atoms with van der Waals surface area (Å²) in [6.07, 6.45) is 2.71. The van der Waals surface area contributed by atoms with Gasteiger partial charge in [-0.25, -0.2) is 4.79 Å². The normalized spacial score (nSPS) is 18.4. The number of amides is 2. The monoisotopic (exact) mass is 388 g/mol. The van der Waals surface area contributed by atoms with E-state index in [2.05, 4.69) is 15.5 Å². The van der Waals surface area contributed by atoms with Crippen molar-refractivity contribution in [2.24, 2.45) is 0 Å². The van der Waals surface area contributed by atoms with E-state index in [1.54, 1.807) is 24.1 Å². The average Bonchev–Trinajstić information content (AvgIpc) is 3.36. The van der Waals surface area contributed by atoms with Crippen LogP contribution >= 0.6 is 0 Å². The fourth-order valence-electron chi connectivity index (χ4n) is 3.43. The molecular weight excluding hydrogens is 364 g/mol. The van der Waals surface area contributed by atoms with Crippen molar-refractivity contribution in [3.05, 3.63) is 23.8 Å². The molecule has 2 amide bonds. The Balaban J connectivity index is 1.56. The highest BCUT2D eigenvalue weighted by Gasteiger charge is 2.33. The maximum Gasteiger partial charge on any atom is 0.322 e. The van der Waals surface area contributed by atoms with Crippen LogP contribution in [0.3, 0.4) is 0 Å². The summed E-state index contributed by atoms with van der Waals surface area (Å²) >= 11 is 0. The van der Waals surface area contributed by atoms with Gasteiger partial charge in [-0.2, -0.15) is 4.98 Å². The lowest BCUT2D eigenvalue weighted by Gasteiger charge is -2.33. The Morgan fingerprint density at radius 1 is 1.29 bits per heavy atom. The van der Waals surface area contributed by atoms with Crippen molar-refractivity contribution in [1.29, 1.82) is 0 Å². The van der Waals surface area contributed by atoms with Gasteiger partial charge in [-0.05, 0) is 19.3 Å². The molecule has 9 nitrogen and oxygen atoms in total. The van der Waals surface area contributed by atoms with E-state index in [4.69, 9.17) is 18.7 Å². The largest absolute Gasteiger partial charge is 0.494 e. The second kappa shape index (κ2) is 7.57. The quantitative estimate of drug-likeness (QED) is 0.853. The molecule has 1 fully saturated rings. The van der Waals surface area contributed by atoms with E-state index >= 15 is 0 Å². The van der Waals surface area contributed by atoms with Gasteiger partial charge in [0, 0.05) is 24.6 Å². The SMILES string of the molecule is COc1cc2c(cc1NC(=O)N1CCCCC1c1nc(C(C)C)no1)OCO2. The zero-order chi connectivity index (χ0) is 19.7. The summed E-state index contributed by atoms with van der Waals surface area (Å²) < 4.78 is 21.6. The van der Waals surface area contributed by atoms with Crippen LogP contribution in [0.15, 0.2) is 16.7 Å². The molecule has 9 heteroatoms. The second-order valence-corrected chi connectivity index (χ2v) is 7.19. The molecule has 0 spiro atoms. The minimum atomic E-state index is -0.244. The van der Waals surface area contributed by atoms with E-state index in [0.717, 1.165) is 19.3 Å². The van der Waals surface area contributed by atoms with Crippen LogP contribution in [0.5, 0.6) is 17.2 Å². The van der Waals surface area contributed by atoms with Gasteiger partial charge in [0.25, 0.3) is 0 Å². The van der Waals surface area contributed by atoms with Crippen LogP contribution in [0.1, 0.15) is 56.8 Å². The van der Waals surface area contributed by atoms with Crippen LogP contribution in [0.2, 0.25) is 0 Å². The van der Waals surface area contributed by atoms with Gasteiger partial charge >= 0.3 is 6.03 Å². The number of nitrogens with zero attached hydrogens (tertiary/aromatic N) is 3. The predicted octanol–water partition coefficient (Wildman–Crippen LogP) is 3.69. The maximum absolute atomic E-state index is 13.1. The summed E-state index contributed by atoms with van der Waals surface area (Å²) in [5, 5.41) is 6.97. The van der Waals surface area contributed by atoms with Crippen molar-refractivity contribution in [3.8, 4) is 17.2 Å². The Morgan fingerprint density at radius 2 is 2.07 bits per heavy atom. The number of carbonyl (C=O) groups is 1. The Bertz CT molecular complexity index is 866. The lowest BCUT2D eigenvalue weighted by molar-refractivity contribution is 0.142. The zero-order valence-corrected chi connectivity index (χ0v) is 16.2. The van der Waals surface area contributed by atoms with Gasteiger partial charge in [0.2, 0.25) is 12.7 Å². The number of urea groups is 1. The molecule has 0 radical (unpaired) electrons. The molecule has 0 bridgehead atoms. The molecule has 28 heavy (non-hydrogen) atoms. The Labute approximate surface area is 162 Å². The minimum Gasteiger partial charge on any atom is -0.494 e. The van der Waals surface area contributed by atoms with Gasteiger partial charge in [0.15, 0.2) is 17.3 Å². The lowest BCUT2D eigenvalue weighted by Crippen LogP contribution is -2.41. The third-order valence-electron chi connectivity index (χ3n) is 4.96. The number of piperidine rings is 1. The molecule has 3 heterocycles. The maximum atomic E-state index is 13.1. The molecule has 2 aromatic rings. The number of methoxy groups -OCH3 is 1. The number of ether oxygens (including phenoxy) is 3. The van der Waals surface area contributed by atoms with Gasteiger partial charge < -0.3 is 29.0 Å². The second-order valence-electron chi connectivity index (χ2n) is 7.19. The third kappa shape index (κ3) is 3.44. The summed E-state index contributed by atoms with van der Waals surface area (Å²) in [5.74, 6) is 2.98. The molecule has 0 saturated carbocycles. The van der Waals surface area contributed by atoms with E-state index in [-0.39, 0.29) is 24.8 Å². The molecule has 4 rings (SSSR count).